The SMILES string of the molecule is CNC(c1cc(F)cc(F)c1)C1CN(C(c2ccc(Cl)cc2)c2ccc(Cl)cc2)C1. The standard InChI is InChI=1S/C24H22Cl2F2N2/c1-29-23(17-10-21(27)12-22(28)11-17)18-13-30(14-18)24(15-2-6-19(25)7-3-15)16-4-8-20(26)9-5-16/h2-12,18,23-24,29H,13-14H2,1H3. The first-order chi connectivity index (χ1) is 14.4. The summed E-state index contributed by atoms with van der Waals surface area (Å²) in [6.07, 6.45) is 0. The van der Waals surface area contributed by atoms with Gasteiger partial charge in [-0.15, -0.1) is 0 Å². The maximum atomic E-state index is 13.7. The molecule has 3 aromatic carbocycles. The number of nitrogens with zero attached hydrogens (tertiary/aromatic N) is 1. The predicted molar refractivity (Wildman–Crippen MR) is 118 cm³/mol. The Morgan fingerprint density at radius 3 is 1.70 bits per heavy atom. The van der Waals surface area contributed by atoms with Crippen LogP contribution in [-0.2, 0) is 0 Å². The largest absolute Gasteiger partial charge is 0.313 e. The van der Waals surface area contributed by atoms with Crippen molar-refractivity contribution in [2.45, 2.75) is 12.1 Å². The Bertz CT molecular complexity index is 937. The summed E-state index contributed by atoms with van der Waals surface area (Å²) in [5.74, 6) is -0.874. The third kappa shape index (κ3) is 4.52. The molecule has 0 spiro atoms. The molecule has 4 rings (SSSR count). The summed E-state index contributed by atoms with van der Waals surface area (Å²) in [6, 6.07) is 19.3. The van der Waals surface area contributed by atoms with Gasteiger partial charge < -0.3 is 5.32 Å². The van der Waals surface area contributed by atoms with Crippen LogP contribution >= 0.6 is 23.2 Å². The minimum Gasteiger partial charge on any atom is -0.313 e. The molecule has 3 aromatic rings. The van der Waals surface area contributed by atoms with Crippen LogP contribution in [0.4, 0.5) is 8.78 Å². The van der Waals surface area contributed by atoms with Crippen LogP contribution in [0.1, 0.15) is 28.8 Å². The molecule has 1 saturated heterocycles. The lowest BCUT2D eigenvalue weighted by atomic mass is 9.83. The highest BCUT2D eigenvalue weighted by Gasteiger charge is 2.38. The number of hydrogen-bond donors (Lipinski definition) is 1. The lowest BCUT2D eigenvalue weighted by molar-refractivity contribution is 0.0454. The van der Waals surface area contributed by atoms with Crippen molar-refractivity contribution in [3.8, 4) is 0 Å². The van der Waals surface area contributed by atoms with E-state index < -0.39 is 11.6 Å². The zero-order valence-corrected chi connectivity index (χ0v) is 18.0. The molecule has 1 aliphatic rings. The summed E-state index contributed by atoms with van der Waals surface area (Å²) in [5, 5.41) is 4.62. The second kappa shape index (κ2) is 9.03. The van der Waals surface area contributed by atoms with Crippen LogP contribution in [0, 0.1) is 17.6 Å². The maximum Gasteiger partial charge on any atom is 0.126 e. The second-order valence-corrected chi connectivity index (χ2v) is 8.56. The Morgan fingerprint density at radius 1 is 0.800 bits per heavy atom. The highest BCUT2D eigenvalue weighted by molar-refractivity contribution is 6.30. The van der Waals surface area contributed by atoms with Crippen LogP contribution in [-0.4, -0.2) is 25.0 Å². The highest BCUT2D eigenvalue weighted by Crippen LogP contribution is 2.39. The van der Waals surface area contributed by atoms with Gasteiger partial charge in [0.25, 0.3) is 0 Å². The van der Waals surface area contributed by atoms with Gasteiger partial charge in [0.05, 0.1) is 6.04 Å². The van der Waals surface area contributed by atoms with Crippen molar-refractivity contribution in [3.05, 3.63) is 105 Å². The topological polar surface area (TPSA) is 15.3 Å². The monoisotopic (exact) mass is 446 g/mol. The molecule has 1 fully saturated rings. The Hall–Kier alpha value is -1.98. The lowest BCUT2D eigenvalue weighted by Crippen LogP contribution is -2.53. The zero-order valence-electron chi connectivity index (χ0n) is 16.5. The van der Waals surface area contributed by atoms with Gasteiger partial charge in [-0.2, -0.15) is 0 Å². The average molecular weight is 447 g/mol. The summed E-state index contributed by atoms with van der Waals surface area (Å²) in [4.78, 5) is 2.36. The summed E-state index contributed by atoms with van der Waals surface area (Å²) < 4.78 is 27.4. The van der Waals surface area contributed by atoms with Gasteiger partial charge in [-0.3, -0.25) is 4.90 Å². The first kappa shape index (κ1) is 21.3. The van der Waals surface area contributed by atoms with Crippen molar-refractivity contribution >= 4 is 23.2 Å². The summed E-state index contributed by atoms with van der Waals surface area (Å²) >= 11 is 12.2. The van der Waals surface area contributed by atoms with E-state index in [-0.39, 0.29) is 18.0 Å². The van der Waals surface area contributed by atoms with Crippen LogP contribution in [0.25, 0.3) is 0 Å². The molecule has 6 heteroatoms. The van der Waals surface area contributed by atoms with Crippen LogP contribution in [0.15, 0.2) is 66.7 Å². The fourth-order valence-electron chi connectivity index (χ4n) is 4.30. The molecule has 1 heterocycles. The van der Waals surface area contributed by atoms with E-state index in [1.165, 1.54) is 12.1 Å². The van der Waals surface area contributed by atoms with Crippen molar-refractivity contribution in [1.29, 1.82) is 0 Å². The molecule has 0 aliphatic carbocycles. The average Bonchev–Trinajstić information content (AvgIpc) is 2.68. The first-order valence-corrected chi connectivity index (χ1v) is 10.6. The Balaban J connectivity index is 1.58. The van der Waals surface area contributed by atoms with Gasteiger partial charge in [0, 0.05) is 41.2 Å². The van der Waals surface area contributed by atoms with Crippen LogP contribution < -0.4 is 5.32 Å². The van der Waals surface area contributed by atoms with Crippen molar-refractivity contribution in [2.24, 2.45) is 5.92 Å². The van der Waals surface area contributed by atoms with E-state index in [1.807, 2.05) is 55.6 Å². The molecular formula is C24H22Cl2F2N2. The van der Waals surface area contributed by atoms with Crippen molar-refractivity contribution < 1.29 is 8.78 Å². The third-order valence-corrected chi connectivity index (χ3v) is 6.21. The van der Waals surface area contributed by atoms with E-state index in [9.17, 15) is 8.78 Å². The molecule has 1 aliphatic heterocycles. The minimum atomic E-state index is -0.554. The van der Waals surface area contributed by atoms with E-state index in [2.05, 4.69) is 10.2 Å². The van der Waals surface area contributed by atoms with Crippen molar-refractivity contribution in [3.63, 3.8) is 0 Å². The van der Waals surface area contributed by atoms with Crippen LogP contribution in [0.5, 0.6) is 0 Å². The van der Waals surface area contributed by atoms with Gasteiger partial charge in [0.1, 0.15) is 11.6 Å². The molecule has 0 saturated carbocycles. The second-order valence-electron chi connectivity index (χ2n) is 7.69. The first-order valence-electron chi connectivity index (χ1n) is 9.83. The van der Waals surface area contributed by atoms with E-state index >= 15 is 0 Å². The molecule has 1 N–H and O–H groups in total. The highest BCUT2D eigenvalue weighted by atomic mass is 35.5. The zero-order chi connectivity index (χ0) is 21.3. The quantitative estimate of drug-likeness (QED) is 0.480. The molecule has 1 unspecified atom stereocenters. The van der Waals surface area contributed by atoms with Gasteiger partial charge in [0.2, 0.25) is 0 Å². The maximum absolute atomic E-state index is 13.7. The smallest absolute Gasteiger partial charge is 0.126 e. The number of halogens is 4. The molecule has 2 nitrogen and oxygen atoms in total. The molecule has 1 atom stereocenters. The van der Waals surface area contributed by atoms with Crippen LogP contribution in [0.3, 0.4) is 0 Å². The third-order valence-electron chi connectivity index (χ3n) is 5.70. The van der Waals surface area contributed by atoms with E-state index in [0.717, 1.165) is 30.3 Å². The van der Waals surface area contributed by atoms with E-state index in [0.29, 0.717) is 15.6 Å². The Morgan fingerprint density at radius 2 is 1.27 bits per heavy atom. The molecule has 0 aromatic heterocycles. The summed E-state index contributed by atoms with van der Waals surface area (Å²) in [5.41, 5.74) is 2.91. The molecule has 30 heavy (non-hydrogen) atoms. The molecule has 0 amide bonds. The Labute approximate surface area is 185 Å². The van der Waals surface area contributed by atoms with Gasteiger partial charge in [-0.05, 0) is 60.1 Å². The van der Waals surface area contributed by atoms with Gasteiger partial charge in [-0.1, -0.05) is 47.5 Å². The molecular weight excluding hydrogens is 425 g/mol. The normalized spacial score (nSPS) is 15.9. The van der Waals surface area contributed by atoms with Crippen molar-refractivity contribution in [1.82, 2.24) is 10.2 Å². The summed E-state index contributed by atoms with van der Waals surface area (Å²) in [6.45, 7) is 1.58. The van der Waals surface area contributed by atoms with Gasteiger partial charge in [-0.25, -0.2) is 8.78 Å². The van der Waals surface area contributed by atoms with Gasteiger partial charge in [0.15, 0.2) is 0 Å². The Kier molecular flexibility index (Phi) is 6.40. The fourth-order valence-corrected chi connectivity index (χ4v) is 4.56. The van der Waals surface area contributed by atoms with E-state index in [4.69, 9.17) is 23.2 Å². The molecule has 156 valence electrons. The lowest BCUT2D eigenvalue weighted by Gasteiger charge is -2.48. The predicted octanol–water partition coefficient (Wildman–Crippen LogP) is 6.25. The van der Waals surface area contributed by atoms with Gasteiger partial charge >= 0.3 is 0 Å². The number of nitrogens with one attached hydrogen (secondary N) is 1. The van der Waals surface area contributed by atoms with E-state index in [1.54, 1.807) is 0 Å². The number of benzene rings is 3. The fraction of sp³-hybridized carbons (Fsp3) is 0.250. The molecule has 0 radical (unpaired) electrons. The van der Waals surface area contributed by atoms with Crippen molar-refractivity contribution in [2.75, 3.05) is 20.1 Å². The van der Waals surface area contributed by atoms with Crippen LogP contribution in [0.2, 0.25) is 10.0 Å². The number of rotatable bonds is 6. The molecule has 0 bridgehead atoms. The number of hydrogen-bond acceptors (Lipinski definition) is 2. The summed E-state index contributed by atoms with van der Waals surface area (Å²) in [7, 11) is 1.83. The minimum absolute atomic E-state index is 0.0533. The number of likely N-dealkylation sites (tertiary alicyclic amines) is 1.